The zero-order valence-corrected chi connectivity index (χ0v) is 22.6. The lowest BCUT2D eigenvalue weighted by Gasteiger charge is -2.41. The number of hydrogen-bond donors (Lipinski definition) is 3. The van der Waals surface area contributed by atoms with Crippen molar-refractivity contribution in [2.75, 3.05) is 26.7 Å². The number of aliphatic hydroxyl groups excluding tert-OH is 1. The monoisotopic (exact) mass is 559 g/mol. The van der Waals surface area contributed by atoms with E-state index in [0.717, 1.165) is 23.1 Å². The van der Waals surface area contributed by atoms with Crippen molar-refractivity contribution in [2.45, 2.75) is 57.6 Å². The number of methoxy groups -OCH3 is 1. The summed E-state index contributed by atoms with van der Waals surface area (Å²) >= 11 is 0. The number of aromatic nitrogens is 1. The highest BCUT2D eigenvalue weighted by atomic mass is 19.2. The molecule has 1 aliphatic rings. The zero-order chi connectivity index (χ0) is 28.9. The van der Waals surface area contributed by atoms with E-state index in [1.165, 1.54) is 0 Å². The number of carboxylic acids is 1. The first-order valence-corrected chi connectivity index (χ1v) is 13.6. The third-order valence-electron chi connectivity index (χ3n) is 8.13. The number of aryl methyl sites for hydroxylation is 1. The fraction of sp³-hybridized carbons (Fsp3) is 0.467. The molecule has 0 unspecified atom stereocenters. The molecule has 4 rings (SSSR count). The van der Waals surface area contributed by atoms with Crippen LogP contribution in [0.3, 0.4) is 0 Å². The maximum absolute atomic E-state index is 13.5. The second-order valence-electron chi connectivity index (χ2n) is 10.7. The number of fused-ring (bicyclic) bond motifs is 1. The molecule has 0 aliphatic carbocycles. The van der Waals surface area contributed by atoms with E-state index in [9.17, 15) is 28.2 Å². The maximum atomic E-state index is 13.5. The molecule has 1 aromatic heterocycles. The number of rotatable bonds is 12. The molecule has 3 aromatic rings. The molecule has 0 saturated carbocycles. The van der Waals surface area contributed by atoms with E-state index in [1.807, 2.05) is 12.1 Å². The van der Waals surface area contributed by atoms with Crippen molar-refractivity contribution in [2.24, 2.45) is 11.1 Å². The van der Waals surface area contributed by atoms with E-state index in [2.05, 4.69) is 9.88 Å². The number of ether oxygens (including phenoxy) is 1. The van der Waals surface area contributed by atoms with Crippen molar-refractivity contribution in [3.63, 3.8) is 0 Å². The van der Waals surface area contributed by atoms with Crippen LogP contribution in [0.2, 0.25) is 0 Å². The van der Waals surface area contributed by atoms with Crippen molar-refractivity contribution >= 4 is 16.9 Å². The van der Waals surface area contributed by atoms with E-state index >= 15 is 0 Å². The molecule has 0 spiro atoms. The van der Waals surface area contributed by atoms with Crippen LogP contribution in [-0.2, 0) is 17.8 Å². The average Bonchev–Trinajstić information content (AvgIpc) is 2.94. The number of aliphatic carboxylic acids is 1. The van der Waals surface area contributed by atoms with Gasteiger partial charge in [-0.1, -0.05) is 0 Å². The number of aliphatic hydroxyl groups is 1. The molecule has 40 heavy (non-hydrogen) atoms. The number of piperidine rings is 1. The summed E-state index contributed by atoms with van der Waals surface area (Å²) in [6, 6.07) is 7.51. The highest BCUT2D eigenvalue weighted by Gasteiger charge is 2.37. The highest BCUT2D eigenvalue weighted by Crippen LogP contribution is 2.42. The van der Waals surface area contributed by atoms with Gasteiger partial charge in [0.25, 0.3) is 0 Å². The SMILES string of the molecule is COc1ccc2ncc(CN)c([C@H](O)CCC3(CC(=O)O)CCN(CCCc4cc(F)c(F)c(F)c4)CC3)c2c1. The Morgan fingerprint density at radius 3 is 2.50 bits per heavy atom. The minimum absolute atomic E-state index is 0.0103. The number of nitrogens with two attached hydrogens (primary N) is 1. The summed E-state index contributed by atoms with van der Waals surface area (Å²) in [6.45, 7) is 2.24. The number of halogens is 3. The zero-order valence-electron chi connectivity index (χ0n) is 22.6. The molecule has 1 fully saturated rings. The number of pyridine rings is 1. The van der Waals surface area contributed by atoms with Gasteiger partial charge in [0.2, 0.25) is 0 Å². The van der Waals surface area contributed by atoms with Gasteiger partial charge in [-0.3, -0.25) is 9.78 Å². The van der Waals surface area contributed by atoms with Gasteiger partial charge in [-0.25, -0.2) is 13.2 Å². The van der Waals surface area contributed by atoms with Gasteiger partial charge in [0.05, 0.1) is 25.2 Å². The highest BCUT2D eigenvalue weighted by molar-refractivity contribution is 5.85. The molecule has 1 aliphatic heterocycles. The lowest BCUT2D eigenvalue weighted by molar-refractivity contribution is -0.141. The number of carboxylic acid groups (broad SMARTS) is 1. The molecule has 0 radical (unpaired) electrons. The van der Waals surface area contributed by atoms with Crippen LogP contribution in [0.15, 0.2) is 36.5 Å². The number of carbonyl (C=O) groups is 1. The molecule has 1 saturated heterocycles. The lowest BCUT2D eigenvalue weighted by Crippen LogP contribution is -2.41. The fourth-order valence-corrected chi connectivity index (χ4v) is 5.85. The molecule has 0 bridgehead atoms. The first kappa shape index (κ1) is 29.8. The third kappa shape index (κ3) is 6.92. The summed E-state index contributed by atoms with van der Waals surface area (Å²) in [5.74, 6) is -4.07. The molecule has 216 valence electrons. The van der Waals surface area contributed by atoms with E-state index in [-0.39, 0.29) is 13.0 Å². The predicted molar refractivity (Wildman–Crippen MR) is 145 cm³/mol. The van der Waals surface area contributed by atoms with Gasteiger partial charge in [-0.15, -0.1) is 0 Å². The van der Waals surface area contributed by atoms with Gasteiger partial charge < -0.3 is 25.6 Å². The summed E-state index contributed by atoms with van der Waals surface area (Å²) in [6.07, 6.45) is 4.08. The Morgan fingerprint density at radius 2 is 1.88 bits per heavy atom. The molecule has 10 heteroatoms. The minimum atomic E-state index is -1.46. The summed E-state index contributed by atoms with van der Waals surface area (Å²) < 4.78 is 45.6. The van der Waals surface area contributed by atoms with Crippen molar-refractivity contribution in [3.8, 4) is 5.75 Å². The van der Waals surface area contributed by atoms with E-state index in [1.54, 1.807) is 19.4 Å². The van der Waals surface area contributed by atoms with Crippen LogP contribution in [0.5, 0.6) is 5.75 Å². The minimum Gasteiger partial charge on any atom is -0.497 e. The molecular formula is C30H36F3N3O4. The van der Waals surface area contributed by atoms with Crippen LogP contribution < -0.4 is 10.5 Å². The number of benzene rings is 2. The van der Waals surface area contributed by atoms with E-state index in [4.69, 9.17) is 10.5 Å². The Bertz CT molecular complexity index is 1320. The van der Waals surface area contributed by atoms with Crippen LogP contribution in [0.4, 0.5) is 13.2 Å². The quantitative estimate of drug-likeness (QED) is 0.264. The molecule has 7 nitrogen and oxygen atoms in total. The topological polar surface area (TPSA) is 109 Å². The van der Waals surface area contributed by atoms with E-state index < -0.39 is 34.9 Å². The predicted octanol–water partition coefficient (Wildman–Crippen LogP) is 5.12. The van der Waals surface area contributed by atoms with Crippen LogP contribution in [-0.4, -0.2) is 52.8 Å². The van der Waals surface area contributed by atoms with Crippen molar-refractivity contribution < 1.29 is 32.9 Å². The molecule has 2 aromatic carbocycles. The number of hydrogen-bond acceptors (Lipinski definition) is 6. The summed E-state index contributed by atoms with van der Waals surface area (Å²) in [5.41, 5.74) is 8.06. The van der Waals surface area contributed by atoms with Gasteiger partial charge in [0.1, 0.15) is 5.75 Å². The van der Waals surface area contributed by atoms with Gasteiger partial charge in [0, 0.05) is 18.1 Å². The molecule has 2 heterocycles. The lowest BCUT2D eigenvalue weighted by atomic mass is 9.71. The maximum Gasteiger partial charge on any atom is 0.303 e. The van der Waals surface area contributed by atoms with Gasteiger partial charge in [-0.05, 0) is 111 Å². The summed E-state index contributed by atoms with van der Waals surface area (Å²) in [7, 11) is 1.57. The Morgan fingerprint density at radius 1 is 1.18 bits per heavy atom. The van der Waals surface area contributed by atoms with Gasteiger partial charge in [0.15, 0.2) is 17.5 Å². The standard InChI is InChI=1S/C30H36F3N3O4/c1-40-21-4-5-25-22(15-21)28(20(17-34)18-35-25)26(37)6-7-30(16-27(38)39)8-11-36(12-9-30)10-2-3-19-13-23(31)29(33)24(32)14-19/h4-5,13-15,18,26,37H,2-3,6-12,16-17,34H2,1H3,(H,38,39)/t26-/m1/s1. The van der Waals surface area contributed by atoms with Gasteiger partial charge in [-0.2, -0.15) is 0 Å². The summed E-state index contributed by atoms with van der Waals surface area (Å²) in [5, 5.41) is 21.8. The summed E-state index contributed by atoms with van der Waals surface area (Å²) in [4.78, 5) is 18.5. The fourth-order valence-electron chi connectivity index (χ4n) is 5.85. The Kier molecular flexibility index (Phi) is 9.65. The normalized spacial score (nSPS) is 16.2. The van der Waals surface area contributed by atoms with Crippen molar-refractivity contribution in [1.29, 1.82) is 0 Å². The number of nitrogens with zero attached hydrogens (tertiary/aromatic N) is 2. The van der Waals surface area contributed by atoms with Crippen LogP contribution in [0.1, 0.15) is 61.3 Å². The van der Waals surface area contributed by atoms with Crippen LogP contribution >= 0.6 is 0 Å². The Balaban J connectivity index is 1.40. The van der Waals surface area contributed by atoms with E-state index in [0.29, 0.717) is 80.6 Å². The van der Waals surface area contributed by atoms with Crippen molar-refractivity contribution in [3.05, 3.63) is 70.7 Å². The van der Waals surface area contributed by atoms with Crippen LogP contribution in [0, 0.1) is 22.9 Å². The first-order valence-electron chi connectivity index (χ1n) is 13.6. The average molecular weight is 560 g/mol. The third-order valence-corrected chi connectivity index (χ3v) is 8.13. The molecule has 1 atom stereocenters. The molecule has 4 N–H and O–H groups in total. The Hall–Kier alpha value is -3.21. The Labute approximate surface area is 231 Å². The molecular weight excluding hydrogens is 523 g/mol. The first-order chi connectivity index (χ1) is 19.1. The largest absolute Gasteiger partial charge is 0.497 e. The number of likely N-dealkylation sites (tertiary alicyclic amines) is 1. The van der Waals surface area contributed by atoms with Crippen molar-refractivity contribution in [1.82, 2.24) is 9.88 Å². The second kappa shape index (κ2) is 13.0. The second-order valence-corrected chi connectivity index (χ2v) is 10.7. The van der Waals surface area contributed by atoms with Crippen LogP contribution in [0.25, 0.3) is 10.9 Å². The van der Waals surface area contributed by atoms with Gasteiger partial charge >= 0.3 is 5.97 Å². The smallest absolute Gasteiger partial charge is 0.303 e. The molecule has 0 amide bonds.